The third-order valence-corrected chi connectivity index (χ3v) is 7.53. The molecule has 34 heavy (non-hydrogen) atoms. The number of nitrogens with one attached hydrogen (secondary N) is 1. The highest BCUT2D eigenvalue weighted by Gasteiger charge is 2.60. The van der Waals surface area contributed by atoms with Gasteiger partial charge in [-0.15, -0.1) is 0 Å². The number of aromatic amines is 1. The Bertz CT molecular complexity index is 1200. The van der Waals surface area contributed by atoms with Crippen LogP contribution >= 0.6 is 0 Å². The molecule has 1 aliphatic carbocycles. The van der Waals surface area contributed by atoms with Gasteiger partial charge < -0.3 is 14.6 Å². The first-order valence-corrected chi connectivity index (χ1v) is 12.4. The number of amides is 3. The third kappa shape index (κ3) is 3.45. The normalized spacial score (nSPS) is 24.1. The van der Waals surface area contributed by atoms with Crippen molar-refractivity contribution in [1.82, 2.24) is 19.7 Å². The van der Waals surface area contributed by atoms with Crippen molar-refractivity contribution in [2.24, 2.45) is 0 Å². The molecule has 3 aliphatic rings. The number of allylic oxidation sites excluding steroid dienone is 2. The van der Waals surface area contributed by atoms with Gasteiger partial charge in [-0.3, -0.25) is 14.6 Å². The van der Waals surface area contributed by atoms with E-state index in [0.29, 0.717) is 26.1 Å². The van der Waals surface area contributed by atoms with E-state index in [1.807, 2.05) is 37.9 Å². The highest BCUT2D eigenvalue weighted by Crippen LogP contribution is 2.49. The number of nitrogens with zero attached hydrogens (tertiary/aromatic N) is 3. The first-order chi connectivity index (χ1) is 16.4. The number of carbonyl (C=O) groups excluding carboxylic acids is 2. The summed E-state index contributed by atoms with van der Waals surface area (Å²) in [4.78, 5) is 36.6. The average molecular weight is 463 g/mol. The van der Waals surface area contributed by atoms with Crippen LogP contribution < -0.4 is 4.74 Å². The van der Waals surface area contributed by atoms with E-state index in [4.69, 9.17) is 4.74 Å². The van der Waals surface area contributed by atoms with Gasteiger partial charge in [-0.2, -0.15) is 0 Å². The second kappa shape index (κ2) is 8.62. The number of hydrogen-bond donors (Lipinski definition) is 1. The fourth-order valence-electron chi connectivity index (χ4n) is 5.56. The van der Waals surface area contributed by atoms with Gasteiger partial charge in [-0.1, -0.05) is 25.2 Å². The molecule has 0 unspecified atom stereocenters. The molecular weight excluding hydrogens is 428 g/mol. The molecule has 1 saturated heterocycles. The van der Waals surface area contributed by atoms with E-state index in [9.17, 15) is 9.59 Å². The largest absolute Gasteiger partial charge is 0.494 e. The maximum Gasteiger partial charge on any atom is 0.328 e. The van der Waals surface area contributed by atoms with Gasteiger partial charge >= 0.3 is 6.03 Å². The number of hydrogen-bond acceptors (Lipinski definition) is 4. The Labute approximate surface area is 201 Å². The van der Waals surface area contributed by atoms with Crippen molar-refractivity contribution in [3.8, 4) is 5.75 Å². The summed E-state index contributed by atoms with van der Waals surface area (Å²) < 4.78 is 5.77. The van der Waals surface area contributed by atoms with Crippen LogP contribution in [0.5, 0.6) is 5.75 Å². The van der Waals surface area contributed by atoms with Crippen molar-refractivity contribution in [3.63, 3.8) is 0 Å². The molecule has 0 radical (unpaired) electrons. The first kappa shape index (κ1) is 22.7. The van der Waals surface area contributed by atoms with Crippen LogP contribution in [-0.4, -0.2) is 70.4 Å². The molecule has 3 amide bonds. The first-order valence-electron chi connectivity index (χ1n) is 12.4. The van der Waals surface area contributed by atoms with Gasteiger partial charge in [-0.25, -0.2) is 4.79 Å². The second-order valence-electron chi connectivity index (χ2n) is 9.70. The van der Waals surface area contributed by atoms with E-state index in [0.717, 1.165) is 52.9 Å². The number of fused-ring (bicyclic) bond motifs is 4. The lowest BCUT2D eigenvalue weighted by Gasteiger charge is -2.43. The fourth-order valence-corrected chi connectivity index (χ4v) is 5.56. The molecule has 2 aliphatic heterocycles. The van der Waals surface area contributed by atoms with Crippen molar-refractivity contribution in [2.75, 3.05) is 33.3 Å². The van der Waals surface area contributed by atoms with Gasteiger partial charge in [0.05, 0.1) is 12.6 Å². The van der Waals surface area contributed by atoms with E-state index in [1.165, 1.54) is 4.90 Å². The predicted octanol–water partition coefficient (Wildman–Crippen LogP) is 4.41. The summed E-state index contributed by atoms with van der Waals surface area (Å²) in [6.45, 7) is 8.51. The van der Waals surface area contributed by atoms with E-state index in [-0.39, 0.29) is 18.0 Å². The van der Waals surface area contributed by atoms with Crippen molar-refractivity contribution in [1.29, 1.82) is 0 Å². The molecule has 5 rings (SSSR count). The molecule has 1 N–H and O–H groups in total. The minimum Gasteiger partial charge on any atom is -0.494 e. The second-order valence-corrected chi connectivity index (χ2v) is 9.70. The van der Waals surface area contributed by atoms with Crippen molar-refractivity contribution in [2.45, 2.75) is 51.6 Å². The summed E-state index contributed by atoms with van der Waals surface area (Å²) in [6, 6.07) is 5.54. The van der Waals surface area contributed by atoms with Crippen LogP contribution in [0, 0.1) is 0 Å². The molecule has 1 aromatic carbocycles. The van der Waals surface area contributed by atoms with Crippen LogP contribution in [0.25, 0.3) is 10.9 Å². The number of rotatable bonds is 7. The minimum absolute atomic E-state index is 0.103. The average Bonchev–Trinajstić information content (AvgIpc) is 3.28. The summed E-state index contributed by atoms with van der Waals surface area (Å²) in [6.07, 6.45) is 8.90. The summed E-state index contributed by atoms with van der Waals surface area (Å²) >= 11 is 0. The lowest BCUT2D eigenvalue weighted by molar-refractivity contribution is -0.133. The Morgan fingerprint density at radius 1 is 1.24 bits per heavy atom. The SMILES string of the molecule is CCOc1ccc2[nH]c3c(c2c1)C[C@@]1(C)C(=O)N(CCN(C)CC)C(=O)N1[C@@H]3C1=CCCC=C1. The summed E-state index contributed by atoms with van der Waals surface area (Å²) in [7, 11) is 2.01. The smallest absolute Gasteiger partial charge is 0.328 e. The zero-order chi connectivity index (χ0) is 24.0. The van der Waals surface area contributed by atoms with Gasteiger partial charge in [-0.05, 0) is 69.6 Å². The molecule has 0 spiro atoms. The molecular formula is C27H34N4O3. The van der Waals surface area contributed by atoms with E-state index >= 15 is 0 Å². The fraction of sp³-hybridized carbons (Fsp3) is 0.481. The number of H-pyrrole nitrogens is 1. The Morgan fingerprint density at radius 2 is 2.06 bits per heavy atom. The molecule has 1 aromatic heterocycles. The number of ether oxygens (including phenoxy) is 1. The molecule has 180 valence electrons. The van der Waals surface area contributed by atoms with Gasteiger partial charge in [0.15, 0.2) is 0 Å². The van der Waals surface area contributed by atoms with Crippen LogP contribution in [0.15, 0.2) is 42.0 Å². The lowest BCUT2D eigenvalue weighted by Crippen LogP contribution is -2.53. The number of imide groups is 1. The van der Waals surface area contributed by atoms with Gasteiger partial charge in [0.1, 0.15) is 11.3 Å². The molecule has 1 fully saturated rings. The molecule has 3 heterocycles. The maximum absolute atomic E-state index is 13.8. The van der Waals surface area contributed by atoms with Gasteiger partial charge in [0.25, 0.3) is 5.91 Å². The quantitative estimate of drug-likeness (QED) is 0.619. The standard InChI is InChI=1S/C27H34N4O3/c1-5-29(4)14-15-30-25(32)27(3)17-21-20-16-19(34-6-2)12-13-22(20)28-23(21)24(31(27)26(30)33)18-10-8-7-9-11-18/h8,10-13,16,24,28H,5-7,9,14-15,17H2,1-4H3/t24-,27+/m1/s1. The summed E-state index contributed by atoms with van der Waals surface area (Å²) in [5, 5.41) is 1.07. The molecule has 7 nitrogen and oxygen atoms in total. The molecule has 0 saturated carbocycles. The minimum atomic E-state index is -0.928. The predicted molar refractivity (Wildman–Crippen MR) is 133 cm³/mol. The molecule has 2 atom stereocenters. The van der Waals surface area contributed by atoms with E-state index < -0.39 is 5.54 Å². The van der Waals surface area contributed by atoms with Crippen LogP contribution in [0.3, 0.4) is 0 Å². The Balaban J connectivity index is 1.63. The Morgan fingerprint density at radius 3 is 2.76 bits per heavy atom. The number of urea groups is 1. The Kier molecular flexibility index (Phi) is 5.76. The molecule has 2 aromatic rings. The molecule has 0 bridgehead atoms. The van der Waals surface area contributed by atoms with E-state index in [1.54, 1.807) is 0 Å². The maximum atomic E-state index is 13.8. The van der Waals surface area contributed by atoms with Crippen LogP contribution in [-0.2, 0) is 11.2 Å². The number of aromatic nitrogens is 1. The zero-order valence-corrected chi connectivity index (χ0v) is 20.6. The topological polar surface area (TPSA) is 68.9 Å². The van der Waals surface area contributed by atoms with Crippen molar-refractivity contribution >= 4 is 22.8 Å². The molecule has 7 heteroatoms. The Hall–Kier alpha value is -3.06. The highest BCUT2D eigenvalue weighted by molar-refractivity contribution is 6.08. The van der Waals surface area contributed by atoms with Crippen LogP contribution in [0.1, 0.15) is 50.9 Å². The number of carbonyl (C=O) groups is 2. The van der Waals surface area contributed by atoms with Crippen LogP contribution in [0.2, 0.25) is 0 Å². The van der Waals surface area contributed by atoms with Gasteiger partial charge in [0, 0.05) is 36.1 Å². The van der Waals surface area contributed by atoms with Crippen LogP contribution in [0.4, 0.5) is 4.79 Å². The van der Waals surface area contributed by atoms with Crippen molar-refractivity contribution in [3.05, 3.63) is 53.3 Å². The zero-order valence-electron chi connectivity index (χ0n) is 20.6. The number of likely N-dealkylation sites (N-methyl/N-ethyl adjacent to an activating group) is 1. The third-order valence-electron chi connectivity index (χ3n) is 7.53. The summed E-state index contributed by atoms with van der Waals surface area (Å²) in [5.74, 6) is 0.712. The van der Waals surface area contributed by atoms with E-state index in [2.05, 4.69) is 41.1 Å². The highest BCUT2D eigenvalue weighted by atomic mass is 16.5. The number of benzene rings is 1. The monoisotopic (exact) mass is 462 g/mol. The van der Waals surface area contributed by atoms with Gasteiger partial charge in [0.2, 0.25) is 0 Å². The summed E-state index contributed by atoms with van der Waals surface area (Å²) in [5.41, 5.74) is 3.26. The van der Waals surface area contributed by atoms with Crippen molar-refractivity contribution < 1.29 is 14.3 Å². The lowest BCUT2D eigenvalue weighted by atomic mass is 9.80.